The van der Waals surface area contributed by atoms with Gasteiger partial charge in [0.05, 0.1) is 6.61 Å². The highest BCUT2D eigenvalue weighted by Crippen LogP contribution is 2.34. The van der Waals surface area contributed by atoms with Crippen LogP contribution < -0.4 is 4.74 Å². The fraction of sp³-hybridized carbons (Fsp3) is 0.455. The lowest BCUT2D eigenvalue weighted by molar-refractivity contribution is 0.351. The van der Waals surface area contributed by atoms with Crippen molar-refractivity contribution in [3.05, 3.63) is 23.3 Å². The molecule has 0 fully saturated rings. The van der Waals surface area contributed by atoms with Gasteiger partial charge in [0.25, 0.3) is 0 Å². The van der Waals surface area contributed by atoms with Crippen LogP contribution in [0.3, 0.4) is 0 Å². The Hall–Kier alpha value is -1.18. The number of ether oxygens (including phenoxy) is 1. The summed E-state index contributed by atoms with van der Waals surface area (Å²) in [5.74, 6) is 1.20. The molecule has 0 aromatic heterocycles. The summed E-state index contributed by atoms with van der Waals surface area (Å²) in [5, 5.41) is 9.30. The summed E-state index contributed by atoms with van der Waals surface area (Å²) >= 11 is 0. The van der Waals surface area contributed by atoms with E-state index < -0.39 is 0 Å². The number of hydrogen-bond donors (Lipinski definition) is 1. The molecule has 0 saturated heterocycles. The van der Waals surface area contributed by atoms with Crippen LogP contribution in [0.4, 0.5) is 0 Å². The molecule has 1 N–H and O–H groups in total. The average Bonchev–Trinajstić information content (AvgIpc) is 2.63. The normalized spacial score (nSPS) is 12.5. The molecule has 0 radical (unpaired) electrons. The van der Waals surface area contributed by atoms with Gasteiger partial charge >= 0.3 is 0 Å². The molecule has 0 spiro atoms. The monoisotopic (exact) mass is 180 g/mol. The van der Waals surface area contributed by atoms with Gasteiger partial charge in [-0.05, 0) is 18.6 Å². The van der Waals surface area contributed by atoms with Gasteiger partial charge in [-0.1, -0.05) is 19.9 Å². The highest BCUT2D eigenvalue weighted by Gasteiger charge is 2.15. The maximum atomic E-state index is 9.30. The second-order valence-electron chi connectivity index (χ2n) is 2.80. The van der Waals surface area contributed by atoms with E-state index >= 15 is 0 Å². The van der Waals surface area contributed by atoms with Gasteiger partial charge in [-0.2, -0.15) is 0 Å². The SMILES string of the molecule is CC.Cc1c(O)ccc2c1OCC2. The molecule has 2 heteroatoms. The molecular weight excluding hydrogens is 164 g/mol. The Bertz CT molecular complexity index is 292. The Morgan fingerprint density at radius 2 is 2.00 bits per heavy atom. The number of rotatable bonds is 0. The summed E-state index contributed by atoms with van der Waals surface area (Å²) in [7, 11) is 0. The smallest absolute Gasteiger partial charge is 0.129 e. The minimum absolute atomic E-state index is 0.325. The number of phenols is 1. The van der Waals surface area contributed by atoms with E-state index in [4.69, 9.17) is 4.74 Å². The van der Waals surface area contributed by atoms with Crippen LogP contribution in [-0.4, -0.2) is 11.7 Å². The molecule has 72 valence electrons. The molecular formula is C11H16O2. The van der Waals surface area contributed by atoms with Crippen molar-refractivity contribution < 1.29 is 9.84 Å². The number of benzene rings is 1. The number of phenolic OH excluding ortho intramolecular Hbond substituents is 1. The molecule has 0 bridgehead atoms. The summed E-state index contributed by atoms with van der Waals surface area (Å²) in [6.07, 6.45) is 0.969. The minimum Gasteiger partial charge on any atom is -0.508 e. The van der Waals surface area contributed by atoms with Crippen LogP contribution in [0.25, 0.3) is 0 Å². The number of hydrogen-bond acceptors (Lipinski definition) is 2. The van der Waals surface area contributed by atoms with Crippen molar-refractivity contribution in [2.24, 2.45) is 0 Å². The standard InChI is InChI=1S/C9H10O2.C2H6/c1-6-8(10)3-2-7-4-5-11-9(6)7;1-2/h2-3,10H,4-5H2,1H3;1-2H3. The Balaban J connectivity index is 0.000000396. The molecule has 0 atom stereocenters. The van der Waals surface area contributed by atoms with Crippen molar-refractivity contribution >= 4 is 0 Å². The zero-order valence-corrected chi connectivity index (χ0v) is 8.42. The van der Waals surface area contributed by atoms with Crippen molar-refractivity contribution in [1.29, 1.82) is 0 Å². The van der Waals surface area contributed by atoms with E-state index in [-0.39, 0.29) is 0 Å². The van der Waals surface area contributed by atoms with Gasteiger partial charge in [0.2, 0.25) is 0 Å². The lowest BCUT2D eigenvalue weighted by atomic mass is 10.1. The van der Waals surface area contributed by atoms with E-state index in [1.165, 1.54) is 5.56 Å². The maximum absolute atomic E-state index is 9.30. The molecule has 1 aliphatic heterocycles. The third kappa shape index (κ3) is 1.77. The molecule has 13 heavy (non-hydrogen) atoms. The van der Waals surface area contributed by atoms with E-state index in [9.17, 15) is 5.11 Å². The molecule has 1 aliphatic rings. The van der Waals surface area contributed by atoms with E-state index in [1.54, 1.807) is 6.07 Å². The first-order chi connectivity index (χ1) is 6.29. The van der Waals surface area contributed by atoms with Crippen LogP contribution in [0.1, 0.15) is 25.0 Å². The van der Waals surface area contributed by atoms with E-state index in [0.29, 0.717) is 5.75 Å². The Kier molecular flexibility index (Phi) is 3.18. The fourth-order valence-corrected chi connectivity index (χ4v) is 1.40. The molecule has 0 amide bonds. The van der Waals surface area contributed by atoms with Crippen LogP contribution in [0.15, 0.2) is 12.1 Å². The van der Waals surface area contributed by atoms with Gasteiger partial charge in [0.1, 0.15) is 11.5 Å². The molecule has 2 nitrogen and oxygen atoms in total. The van der Waals surface area contributed by atoms with Gasteiger partial charge in [0.15, 0.2) is 0 Å². The van der Waals surface area contributed by atoms with Gasteiger partial charge in [-0.15, -0.1) is 0 Å². The Morgan fingerprint density at radius 3 is 2.69 bits per heavy atom. The van der Waals surface area contributed by atoms with Gasteiger partial charge in [0, 0.05) is 12.0 Å². The molecule has 1 heterocycles. The van der Waals surface area contributed by atoms with Crippen molar-refractivity contribution in [1.82, 2.24) is 0 Å². The number of aromatic hydroxyl groups is 1. The van der Waals surface area contributed by atoms with Crippen molar-refractivity contribution in [2.75, 3.05) is 6.61 Å². The highest BCUT2D eigenvalue weighted by molar-refractivity contribution is 5.50. The number of fused-ring (bicyclic) bond motifs is 1. The lowest BCUT2D eigenvalue weighted by Gasteiger charge is -2.04. The van der Waals surface area contributed by atoms with Crippen LogP contribution in [-0.2, 0) is 6.42 Å². The fourth-order valence-electron chi connectivity index (χ4n) is 1.40. The van der Waals surface area contributed by atoms with Gasteiger partial charge in [-0.3, -0.25) is 0 Å². The molecule has 2 rings (SSSR count). The first-order valence-corrected chi connectivity index (χ1v) is 4.73. The Morgan fingerprint density at radius 1 is 1.31 bits per heavy atom. The van der Waals surface area contributed by atoms with E-state index in [2.05, 4.69) is 0 Å². The Labute approximate surface area is 79.2 Å². The largest absolute Gasteiger partial charge is 0.508 e. The van der Waals surface area contributed by atoms with Crippen molar-refractivity contribution in [2.45, 2.75) is 27.2 Å². The van der Waals surface area contributed by atoms with E-state index in [0.717, 1.165) is 24.3 Å². The maximum Gasteiger partial charge on any atom is 0.129 e. The summed E-state index contributed by atoms with van der Waals surface area (Å²) in [4.78, 5) is 0. The predicted molar refractivity (Wildman–Crippen MR) is 53.4 cm³/mol. The first kappa shape index (κ1) is 9.90. The average molecular weight is 180 g/mol. The topological polar surface area (TPSA) is 29.5 Å². The zero-order valence-electron chi connectivity index (χ0n) is 8.42. The quantitative estimate of drug-likeness (QED) is 0.665. The molecule has 0 unspecified atom stereocenters. The predicted octanol–water partition coefficient (Wildman–Crippen LogP) is 2.66. The minimum atomic E-state index is 0.325. The summed E-state index contributed by atoms with van der Waals surface area (Å²) < 4.78 is 5.35. The van der Waals surface area contributed by atoms with Gasteiger partial charge < -0.3 is 9.84 Å². The molecule has 0 aliphatic carbocycles. The van der Waals surface area contributed by atoms with Crippen LogP contribution in [0.5, 0.6) is 11.5 Å². The second kappa shape index (κ2) is 4.17. The zero-order chi connectivity index (χ0) is 9.84. The molecule has 1 aromatic carbocycles. The van der Waals surface area contributed by atoms with Crippen molar-refractivity contribution in [3.8, 4) is 11.5 Å². The second-order valence-corrected chi connectivity index (χ2v) is 2.80. The third-order valence-electron chi connectivity index (χ3n) is 2.08. The van der Waals surface area contributed by atoms with E-state index in [1.807, 2.05) is 26.8 Å². The summed E-state index contributed by atoms with van der Waals surface area (Å²) in [5.41, 5.74) is 2.07. The lowest BCUT2D eigenvalue weighted by Crippen LogP contribution is -1.87. The summed E-state index contributed by atoms with van der Waals surface area (Å²) in [6, 6.07) is 3.65. The highest BCUT2D eigenvalue weighted by atomic mass is 16.5. The first-order valence-electron chi connectivity index (χ1n) is 4.73. The van der Waals surface area contributed by atoms with Gasteiger partial charge in [-0.25, -0.2) is 0 Å². The van der Waals surface area contributed by atoms with Crippen molar-refractivity contribution in [3.63, 3.8) is 0 Å². The van der Waals surface area contributed by atoms with Crippen LogP contribution in [0, 0.1) is 6.92 Å². The van der Waals surface area contributed by atoms with Crippen LogP contribution >= 0.6 is 0 Å². The third-order valence-corrected chi connectivity index (χ3v) is 2.08. The van der Waals surface area contributed by atoms with Crippen LogP contribution in [0.2, 0.25) is 0 Å². The summed E-state index contributed by atoms with van der Waals surface area (Å²) in [6.45, 7) is 6.62. The molecule has 1 aromatic rings. The molecule has 0 saturated carbocycles.